The summed E-state index contributed by atoms with van der Waals surface area (Å²) >= 11 is 0. The summed E-state index contributed by atoms with van der Waals surface area (Å²) in [6, 6.07) is 22.2. The van der Waals surface area contributed by atoms with Crippen molar-refractivity contribution < 1.29 is 14.4 Å². The van der Waals surface area contributed by atoms with Crippen LogP contribution in [-0.2, 0) is 20.9 Å². The smallest absolute Gasteiger partial charge is 0.278 e. The van der Waals surface area contributed by atoms with Gasteiger partial charge in [0.05, 0.1) is 12.1 Å². The van der Waals surface area contributed by atoms with Gasteiger partial charge in [-0.1, -0.05) is 48.5 Å². The number of amides is 3. The molecule has 0 radical (unpaired) electrons. The summed E-state index contributed by atoms with van der Waals surface area (Å²) in [6.45, 7) is 5.62. The number of hydrogen-bond donors (Lipinski definition) is 2. The van der Waals surface area contributed by atoms with Crippen LogP contribution < -0.4 is 10.6 Å². The Morgan fingerprint density at radius 1 is 0.818 bits per heavy atom. The van der Waals surface area contributed by atoms with E-state index in [0.29, 0.717) is 22.5 Å². The molecule has 6 heteroatoms. The molecule has 1 heterocycles. The SMILES string of the molecule is CC(=O)Nc1ccc(NC2=C(c3ccc(C)c(C)c3)C(=O)N(Cc3ccccc3)C2=O)cc1. The highest BCUT2D eigenvalue weighted by Crippen LogP contribution is 2.32. The van der Waals surface area contributed by atoms with E-state index in [9.17, 15) is 14.4 Å². The number of carbonyl (C=O) groups excluding carboxylic acids is 3. The second-order valence-corrected chi connectivity index (χ2v) is 8.11. The predicted molar refractivity (Wildman–Crippen MR) is 129 cm³/mol. The summed E-state index contributed by atoms with van der Waals surface area (Å²) in [5, 5.41) is 5.87. The fourth-order valence-corrected chi connectivity index (χ4v) is 3.75. The standard InChI is InChI=1S/C27H25N3O3/c1-17-9-10-21(15-18(17)2)24-25(29-23-13-11-22(12-14-23)28-19(3)31)27(33)30(26(24)32)16-20-7-5-4-6-8-20/h4-15,29H,16H2,1-3H3,(H,28,31). The number of carbonyl (C=O) groups is 3. The molecule has 33 heavy (non-hydrogen) atoms. The molecule has 4 rings (SSSR count). The molecule has 3 aromatic carbocycles. The van der Waals surface area contributed by atoms with E-state index in [1.54, 1.807) is 24.3 Å². The van der Waals surface area contributed by atoms with Crippen molar-refractivity contribution in [3.05, 3.63) is 101 Å². The molecule has 0 bridgehead atoms. The molecular formula is C27H25N3O3. The number of nitrogens with one attached hydrogen (secondary N) is 2. The van der Waals surface area contributed by atoms with Crippen molar-refractivity contribution in [2.24, 2.45) is 0 Å². The topological polar surface area (TPSA) is 78.5 Å². The normalized spacial score (nSPS) is 13.5. The van der Waals surface area contributed by atoms with E-state index in [1.807, 2.05) is 62.4 Å². The Hall–Kier alpha value is -4.19. The third-order valence-corrected chi connectivity index (χ3v) is 5.62. The summed E-state index contributed by atoms with van der Waals surface area (Å²) in [7, 11) is 0. The molecule has 0 aromatic heterocycles. The fraction of sp³-hybridized carbons (Fsp3) is 0.148. The molecule has 1 aliphatic rings. The first-order valence-electron chi connectivity index (χ1n) is 10.7. The zero-order chi connectivity index (χ0) is 23.5. The Balaban J connectivity index is 1.71. The zero-order valence-corrected chi connectivity index (χ0v) is 18.8. The number of benzene rings is 3. The number of imide groups is 1. The quantitative estimate of drug-likeness (QED) is 0.548. The molecule has 0 unspecified atom stereocenters. The Kier molecular flexibility index (Phi) is 6.09. The summed E-state index contributed by atoms with van der Waals surface area (Å²) in [5.41, 5.74) is 5.61. The Morgan fingerprint density at radius 3 is 2.12 bits per heavy atom. The van der Waals surface area contributed by atoms with Gasteiger partial charge in [-0.15, -0.1) is 0 Å². The van der Waals surface area contributed by atoms with Crippen LogP contribution >= 0.6 is 0 Å². The predicted octanol–water partition coefficient (Wildman–Crippen LogP) is 4.65. The van der Waals surface area contributed by atoms with Gasteiger partial charge in [-0.3, -0.25) is 19.3 Å². The third kappa shape index (κ3) is 4.70. The van der Waals surface area contributed by atoms with Gasteiger partial charge in [0.25, 0.3) is 11.8 Å². The average Bonchev–Trinajstić information content (AvgIpc) is 3.01. The van der Waals surface area contributed by atoms with Gasteiger partial charge >= 0.3 is 0 Å². The van der Waals surface area contributed by atoms with Crippen molar-refractivity contribution in [3.8, 4) is 0 Å². The second-order valence-electron chi connectivity index (χ2n) is 8.11. The van der Waals surface area contributed by atoms with Crippen LogP contribution in [0.1, 0.15) is 29.2 Å². The van der Waals surface area contributed by atoms with Crippen LogP contribution in [0.15, 0.2) is 78.5 Å². The first-order valence-corrected chi connectivity index (χ1v) is 10.7. The molecule has 0 saturated carbocycles. The Morgan fingerprint density at radius 2 is 1.48 bits per heavy atom. The van der Waals surface area contributed by atoms with Crippen molar-refractivity contribution in [2.75, 3.05) is 10.6 Å². The maximum Gasteiger partial charge on any atom is 0.278 e. The molecule has 166 valence electrons. The van der Waals surface area contributed by atoms with E-state index >= 15 is 0 Å². The van der Waals surface area contributed by atoms with Gasteiger partial charge in [0.2, 0.25) is 5.91 Å². The molecule has 3 amide bonds. The van der Waals surface area contributed by atoms with E-state index in [1.165, 1.54) is 11.8 Å². The van der Waals surface area contributed by atoms with Crippen LogP contribution in [-0.4, -0.2) is 22.6 Å². The second kappa shape index (κ2) is 9.12. The molecule has 0 atom stereocenters. The zero-order valence-electron chi connectivity index (χ0n) is 18.8. The molecule has 3 aromatic rings. The van der Waals surface area contributed by atoms with Crippen LogP contribution in [0.25, 0.3) is 5.57 Å². The van der Waals surface area contributed by atoms with Crippen LogP contribution in [0.3, 0.4) is 0 Å². The van der Waals surface area contributed by atoms with Crippen molar-refractivity contribution >= 4 is 34.7 Å². The average molecular weight is 440 g/mol. The molecule has 0 spiro atoms. The van der Waals surface area contributed by atoms with Gasteiger partial charge in [0.15, 0.2) is 0 Å². The van der Waals surface area contributed by atoms with Gasteiger partial charge in [0, 0.05) is 18.3 Å². The van der Waals surface area contributed by atoms with E-state index < -0.39 is 0 Å². The lowest BCUT2D eigenvalue weighted by atomic mass is 9.99. The number of anilines is 2. The minimum absolute atomic E-state index is 0.163. The Labute approximate surface area is 192 Å². The van der Waals surface area contributed by atoms with E-state index in [0.717, 1.165) is 16.7 Å². The molecule has 2 N–H and O–H groups in total. The monoisotopic (exact) mass is 439 g/mol. The lowest BCUT2D eigenvalue weighted by molar-refractivity contribution is -0.137. The number of rotatable bonds is 6. The molecule has 1 aliphatic heterocycles. The first kappa shape index (κ1) is 22.0. The molecule has 0 saturated heterocycles. The van der Waals surface area contributed by atoms with Crippen molar-refractivity contribution in [1.82, 2.24) is 4.90 Å². The minimum atomic E-state index is -0.372. The Bertz CT molecular complexity index is 1260. The van der Waals surface area contributed by atoms with Gasteiger partial charge in [-0.2, -0.15) is 0 Å². The van der Waals surface area contributed by atoms with Crippen molar-refractivity contribution in [1.29, 1.82) is 0 Å². The molecular weight excluding hydrogens is 414 g/mol. The number of aryl methyl sites for hydroxylation is 2. The van der Waals surface area contributed by atoms with Crippen LogP contribution in [0.4, 0.5) is 11.4 Å². The van der Waals surface area contributed by atoms with Gasteiger partial charge < -0.3 is 10.6 Å². The van der Waals surface area contributed by atoms with E-state index in [4.69, 9.17) is 0 Å². The fourth-order valence-electron chi connectivity index (χ4n) is 3.75. The summed E-state index contributed by atoms with van der Waals surface area (Å²) < 4.78 is 0. The first-order chi connectivity index (χ1) is 15.8. The third-order valence-electron chi connectivity index (χ3n) is 5.62. The van der Waals surface area contributed by atoms with Crippen LogP contribution in [0.2, 0.25) is 0 Å². The highest BCUT2D eigenvalue weighted by Gasteiger charge is 2.39. The molecule has 6 nitrogen and oxygen atoms in total. The maximum atomic E-state index is 13.5. The van der Waals surface area contributed by atoms with Crippen LogP contribution in [0.5, 0.6) is 0 Å². The summed E-state index contributed by atoms with van der Waals surface area (Å²) in [6.07, 6.45) is 0. The minimum Gasteiger partial charge on any atom is -0.350 e. The highest BCUT2D eigenvalue weighted by molar-refractivity contribution is 6.36. The van der Waals surface area contributed by atoms with Gasteiger partial charge in [-0.25, -0.2) is 0 Å². The van der Waals surface area contributed by atoms with Crippen LogP contribution in [0, 0.1) is 13.8 Å². The number of nitrogens with zero attached hydrogens (tertiary/aromatic N) is 1. The lowest BCUT2D eigenvalue weighted by Gasteiger charge is -2.15. The number of hydrogen-bond acceptors (Lipinski definition) is 4. The largest absolute Gasteiger partial charge is 0.350 e. The lowest BCUT2D eigenvalue weighted by Crippen LogP contribution is -2.32. The van der Waals surface area contributed by atoms with Gasteiger partial charge in [0.1, 0.15) is 5.70 Å². The molecule has 0 fully saturated rings. The highest BCUT2D eigenvalue weighted by atomic mass is 16.2. The van der Waals surface area contributed by atoms with Crippen molar-refractivity contribution in [3.63, 3.8) is 0 Å². The van der Waals surface area contributed by atoms with Gasteiger partial charge in [-0.05, 0) is 60.4 Å². The summed E-state index contributed by atoms with van der Waals surface area (Å²) in [4.78, 5) is 39.4. The van der Waals surface area contributed by atoms with E-state index in [-0.39, 0.29) is 30.0 Å². The molecule has 0 aliphatic carbocycles. The summed E-state index contributed by atoms with van der Waals surface area (Å²) in [5.74, 6) is -0.865. The van der Waals surface area contributed by atoms with E-state index in [2.05, 4.69) is 10.6 Å². The van der Waals surface area contributed by atoms with Crippen molar-refractivity contribution in [2.45, 2.75) is 27.3 Å². The maximum absolute atomic E-state index is 13.5.